The van der Waals surface area contributed by atoms with Crippen LogP contribution in [0.3, 0.4) is 0 Å². The number of aliphatic hydroxyl groups is 1. The second-order valence-electron chi connectivity index (χ2n) is 2.55. The minimum atomic E-state index is 0.206. The molecule has 0 saturated carbocycles. The van der Waals surface area contributed by atoms with E-state index >= 15 is 0 Å². The summed E-state index contributed by atoms with van der Waals surface area (Å²) in [5.74, 6) is 1.21. The fraction of sp³-hybridized carbons (Fsp3) is 0.375. The van der Waals surface area contributed by atoms with Crippen LogP contribution in [-0.4, -0.2) is 22.5 Å². The van der Waals surface area contributed by atoms with Gasteiger partial charge in [0.15, 0.2) is 0 Å². The van der Waals surface area contributed by atoms with E-state index in [9.17, 15) is 0 Å². The normalized spacial score (nSPS) is 10.2. The zero-order chi connectivity index (χ0) is 9.68. The van der Waals surface area contributed by atoms with E-state index in [-0.39, 0.29) is 6.61 Å². The van der Waals surface area contributed by atoms with E-state index in [4.69, 9.17) is 16.6 Å². The Kier molecular flexibility index (Phi) is 3.85. The maximum atomic E-state index is 8.56. The van der Waals surface area contributed by atoms with Gasteiger partial charge in [-0.05, 0) is 18.6 Å². The van der Waals surface area contributed by atoms with E-state index in [0.29, 0.717) is 11.5 Å². The molecule has 1 aromatic heterocycles. The number of anilines is 2. The van der Waals surface area contributed by atoms with Crippen LogP contribution < -0.4 is 11.5 Å². The zero-order valence-electron chi connectivity index (χ0n) is 7.23. The number of aliphatic hydroxyl groups excluding tert-OH is 1. The highest BCUT2D eigenvalue weighted by Gasteiger charge is 1.99. The molecule has 1 heterocycles. The van der Waals surface area contributed by atoms with E-state index in [1.807, 2.05) is 6.07 Å². The molecule has 0 aliphatic rings. The van der Waals surface area contributed by atoms with Gasteiger partial charge in [0.25, 0.3) is 0 Å². The maximum absolute atomic E-state index is 8.56. The predicted octanol–water partition coefficient (Wildman–Crippen LogP) is 0.720. The molecule has 5 N–H and O–H groups in total. The molecule has 0 fully saturated rings. The average molecular weight is 199 g/mol. The molecule has 0 saturated heterocycles. The molecule has 0 aliphatic heterocycles. The lowest BCUT2D eigenvalue weighted by molar-refractivity contribution is 0.296. The summed E-state index contributed by atoms with van der Waals surface area (Å²) >= 11 is 1.56. The number of pyridine rings is 1. The summed E-state index contributed by atoms with van der Waals surface area (Å²) in [6.07, 6.45) is 0.761. The van der Waals surface area contributed by atoms with Gasteiger partial charge in [0.2, 0.25) is 0 Å². The first-order valence-corrected chi connectivity index (χ1v) is 4.98. The SMILES string of the molecule is Nc1ccc(SCCCO)nc1N. The molecular formula is C8H13N3OS. The van der Waals surface area contributed by atoms with Gasteiger partial charge in [0, 0.05) is 12.4 Å². The maximum Gasteiger partial charge on any atom is 0.147 e. The number of rotatable bonds is 4. The van der Waals surface area contributed by atoms with Crippen molar-refractivity contribution >= 4 is 23.3 Å². The van der Waals surface area contributed by atoms with Crippen molar-refractivity contribution in [2.75, 3.05) is 23.8 Å². The van der Waals surface area contributed by atoms with Crippen molar-refractivity contribution in [3.05, 3.63) is 12.1 Å². The average Bonchev–Trinajstić information content (AvgIpc) is 2.12. The summed E-state index contributed by atoms with van der Waals surface area (Å²) in [5, 5.41) is 9.41. The number of hydrogen-bond acceptors (Lipinski definition) is 5. The predicted molar refractivity (Wildman–Crippen MR) is 55.5 cm³/mol. The van der Waals surface area contributed by atoms with Crippen LogP contribution in [0, 0.1) is 0 Å². The van der Waals surface area contributed by atoms with Crippen LogP contribution >= 0.6 is 11.8 Å². The van der Waals surface area contributed by atoms with Crippen LogP contribution in [0.25, 0.3) is 0 Å². The number of nitrogens with two attached hydrogens (primary N) is 2. The standard InChI is InChI=1S/C8H13N3OS/c9-6-2-3-7(11-8(6)10)13-5-1-4-12/h2-3,12H,1,4-5,9H2,(H2,10,11). The molecule has 1 aromatic rings. The van der Waals surface area contributed by atoms with Crippen molar-refractivity contribution in [2.24, 2.45) is 0 Å². The van der Waals surface area contributed by atoms with Gasteiger partial charge in [-0.15, -0.1) is 11.8 Å². The second-order valence-corrected chi connectivity index (χ2v) is 3.66. The van der Waals surface area contributed by atoms with E-state index in [2.05, 4.69) is 4.98 Å². The molecule has 5 heteroatoms. The summed E-state index contributed by atoms with van der Waals surface area (Å²) in [5.41, 5.74) is 11.5. The fourth-order valence-electron chi connectivity index (χ4n) is 0.789. The third-order valence-corrected chi connectivity index (χ3v) is 2.50. The number of thioether (sulfide) groups is 1. The van der Waals surface area contributed by atoms with Crippen molar-refractivity contribution < 1.29 is 5.11 Å². The van der Waals surface area contributed by atoms with E-state index in [1.165, 1.54) is 0 Å². The highest BCUT2D eigenvalue weighted by molar-refractivity contribution is 7.99. The lowest BCUT2D eigenvalue weighted by Crippen LogP contribution is -1.98. The fourth-order valence-corrected chi connectivity index (χ4v) is 1.60. The van der Waals surface area contributed by atoms with Gasteiger partial charge in [0.1, 0.15) is 5.82 Å². The van der Waals surface area contributed by atoms with E-state index < -0.39 is 0 Å². The summed E-state index contributed by atoms with van der Waals surface area (Å²) < 4.78 is 0. The van der Waals surface area contributed by atoms with Crippen LogP contribution in [0.4, 0.5) is 11.5 Å². The minimum absolute atomic E-state index is 0.206. The monoisotopic (exact) mass is 199 g/mol. The highest BCUT2D eigenvalue weighted by atomic mass is 32.2. The molecule has 0 amide bonds. The van der Waals surface area contributed by atoms with Gasteiger partial charge in [-0.2, -0.15) is 0 Å². The van der Waals surface area contributed by atoms with Crippen LogP contribution in [-0.2, 0) is 0 Å². The molecule has 0 spiro atoms. The lowest BCUT2D eigenvalue weighted by Gasteiger charge is -2.02. The van der Waals surface area contributed by atoms with Crippen molar-refractivity contribution in [2.45, 2.75) is 11.4 Å². The smallest absolute Gasteiger partial charge is 0.147 e. The third kappa shape index (κ3) is 3.12. The molecule has 4 nitrogen and oxygen atoms in total. The molecule has 1 rings (SSSR count). The molecule has 0 radical (unpaired) electrons. The minimum Gasteiger partial charge on any atom is -0.396 e. The van der Waals surface area contributed by atoms with E-state index in [1.54, 1.807) is 17.8 Å². The molecule has 0 atom stereocenters. The molecule has 0 bridgehead atoms. The highest BCUT2D eigenvalue weighted by Crippen LogP contribution is 2.20. The molecule has 0 unspecified atom stereocenters. The van der Waals surface area contributed by atoms with E-state index in [0.717, 1.165) is 17.2 Å². The molecule has 72 valence electrons. The molecular weight excluding hydrogens is 186 g/mol. The van der Waals surface area contributed by atoms with Gasteiger partial charge in [0.05, 0.1) is 10.7 Å². The molecule has 0 aromatic carbocycles. The summed E-state index contributed by atoms with van der Waals surface area (Å²) in [6.45, 7) is 0.206. The molecule has 13 heavy (non-hydrogen) atoms. The van der Waals surface area contributed by atoms with Crippen LogP contribution in [0.15, 0.2) is 17.2 Å². The van der Waals surface area contributed by atoms with Gasteiger partial charge in [-0.1, -0.05) is 0 Å². The molecule has 0 aliphatic carbocycles. The Hall–Kier alpha value is -0.940. The number of hydrogen-bond donors (Lipinski definition) is 3. The van der Waals surface area contributed by atoms with Crippen LogP contribution in [0.5, 0.6) is 0 Å². The second kappa shape index (κ2) is 4.94. The largest absolute Gasteiger partial charge is 0.396 e. The Labute approximate surface area is 81.3 Å². The zero-order valence-corrected chi connectivity index (χ0v) is 8.05. The topological polar surface area (TPSA) is 85.2 Å². The van der Waals surface area contributed by atoms with Crippen LogP contribution in [0.1, 0.15) is 6.42 Å². The van der Waals surface area contributed by atoms with Crippen molar-refractivity contribution in [3.8, 4) is 0 Å². The quantitative estimate of drug-likeness (QED) is 0.491. The number of nitrogen functional groups attached to an aromatic ring is 2. The Balaban J connectivity index is 2.53. The Bertz CT molecular complexity index is 280. The Morgan fingerprint density at radius 3 is 2.77 bits per heavy atom. The van der Waals surface area contributed by atoms with Gasteiger partial charge >= 0.3 is 0 Å². The lowest BCUT2D eigenvalue weighted by atomic mass is 10.4. The summed E-state index contributed by atoms with van der Waals surface area (Å²) in [4.78, 5) is 4.08. The summed E-state index contributed by atoms with van der Waals surface area (Å²) in [6, 6.07) is 3.57. The Morgan fingerprint density at radius 2 is 2.15 bits per heavy atom. The van der Waals surface area contributed by atoms with Gasteiger partial charge in [-0.3, -0.25) is 0 Å². The number of nitrogens with zero attached hydrogens (tertiary/aromatic N) is 1. The van der Waals surface area contributed by atoms with Crippen molar-refractivity contribution in [1.82, 2.24) is 4.98 Å². The summed E-state index contributed by atoms with van der Waals surface area (Å²) in [7, 11) is 0. The third-order valence-electron chi connectivity index (χ3n) is 1.48. The Morgan fingerprint density at radius 1 is 1.38 bits per heavy atom. The first-order chi connectivity index (χ1) is 6.24. The first-order valence-electron chi connectivity index (χ1n) is 3.99. The van der Waals surface area contributed by atoms with Gasteiger partial charge < -0.3 is 16.6 Å². The first kappa shape index (κ1) is 10.1. The number of aromatic nitrogens is 1. The van der Waals surface area contributed by atoms with Crippen molar-refractivity contribution in [1.29, 1.82) is 0 Å². The van der Waals surface area contributed by atoms with Crippen molar-refractivity contribution in [3.63, 3.8) is 0 Å². The van der Waals surface area contributed by atoms with Gasteiger partial charge in [-0.25, -0.2) is 4.98 Å². The van der Waals surface area contributed by atoms with Crippen LogP contribution in [0.2, 0.25) is 0 Å².